The van der Waals surface area contributed by atoms with Crippen molar-refractivity contribution in [2.45, 2.75) is 12.3 Å². The zero-order chi connectivity index (χ0) is 21.2. The van der Waals surface area contributed by atoms with Gasteiger partial charge in [-0.2, -0.15) is 5.10 Å². The van der Waals surface area contributed by atoms with Crippen LogP contribution in [0.15, 0.2) is 85.1 Å². The Balaban J connectivity index is 1.28. The highest BCUT2D eigenvalue weighted by Gasteiger charge is 2.32. The number of amides is 1. The van der Waals surface area contributed by atoms with Crippen LogP contribution < -0.4 is 10.1 Å². The molecule has 5 rings (SSSR count). The fourth-order valence-corrected chi connectivity index (χ4v) is 4.12. The Morgan fingerprint density at radius 1 is 0.935 bits per heavy atom. The molecule has 0 unspecified atom stereocenters. The van der Waals surface area contributed by atoms with Crippen molar-refractivity contribution < 1.29 is 9.53 Å². The first kappa shape index (κ1) is 19.1. The van der Waals surface area contributed by atoms with Crippen LogP contribution in [-0.4, -0.2) is 22.2 Å². The molecular formula is C26H23N3O2. The second kappa shape index (κ2) is 8.11. The molecule has 0 atom stereocenters. The summed E-state index contributed by atoms with van der Waals surface area (Å²) < 4.78 is 7.86. The van der Waals surface area contributed by atoms with E-state index in [-0.39, 0.29) is 11.8 Å². The highest BCUT2D eigenvalue weighted by Crippen LogP contribution is 2.43. The van der Waals surface area contributed by atoms with Crippen molar-refractivity contribution in [2.75, 3.05) is 6.54 Å². The Hall–Kier alpha value is -3.86. The van der Waals surface area contributed by atoms with Crippen LogP contribution in [0.1, 0.15) is 22.6 Å². The summed E-state index contributed by atoms with van der Waals surface area (Å²) in [5.41, 5.74) is 5.19. The van der Waals surface area contributed by atoms with E-state index in [2.05, 4.69) is 34.7 Å². The van der Waals surface area contributed by atoms with E-state index >= 15 is 0 Å². The molecule has 31 heavy (non-hydrogen) atoms. The normalized spacial score (nSPS) is 12.5. The van der Waals surface area contributed by atoms with Crippen molar-refractivity contribution in [3.05, 3.63) is 102 Å². The average Bonchev–Trinajstić information content (AvgIpc) is 3.23. The standard InChI is InChI=1S/C26H23N3O2/c1-29-22(15-17-28-29)19-12-10-18(11-13-19)14-16-27-26(30)25-20-6-2-4-8-23(20)31-24-9-5-3-7-21(24)25/h2-13,15,17,25H,14,16H2,1H3,(H,27,30). The van der Waals surface area contributed by atoms with Gasteiger partial charge in [0.25, 0.3) is 0 Å². The highest BCUT2D eigenvalue weighted by atomic mass is 16.5. The van der Waals surface area contributed by atoms with Gasteiger partial charge in [0.1, 0.15) is 11.5 Å². The molecule has 2 heterocycles. The van der Waals surface area contributed by atoms with E-state index in [4.69, 9.17) is 4.74 Å². The van der Waals surface area contributed by atoms with E-state index in [1.165, 1.54) is 5.56 Å². The first-order chi connectivity index (χ1) is 15.2. The first-order valence-corrected chi connectivity index (χ1v) is 10.4. The van der Waals surface area contributed by atoms with Gasteiger partial charge in [-0.3, -0.25) is 9.48 Å². The quantitative estimate of drug-likeness (QED) is 0.521. The number of carbonyl (C=O) groups is 1. The molecule has 3 aromatic carbocycles. The Morgan fingerprint density at radius 3 is 2.19 bits per heavy atom. The average molecular weight is 409 g/mol. The molecule has 5 heteroatoms. The van der Waals surface area contributed by atoms with Crippen LogP contribution in [0.2, 0.25) is 0 Å². The van der Waals surface area contributed by atoms with E-state index in [9.17, 15) is 4.79 Å². The summed E-state index contributed by atoms with van der Waals surface area (Å²) in [5, 5.41) is 7.35. The SMILES string of the molecule is Cn1nccc1-c1ccc(CCNC(=O)C2c3ccccc3Oc3ccccc32)cc1. The summed E-state index contributed by atoms with van der Waals surface area (Å²) in [7, 11) is 1.94. The van der Waals surface area contributed by atoms with Crippen molar-refractivity contribution >= 4 is 5.91 Å². The van der Waals surface area contributed by atoms with Crippen LogP contribution in [0.3, 0.4) is 0 Å². The Morgan fingerprint density at radius 2 is 1.58 bits per heavy atom. The summed E-state index contributed by atoms with van der Waals surface area (Å²) >= 11 is 0. The largest absolute Gasteiger partial charge is 0.457 e. The van der Waals surface area contributed by atoms with Gasteiger partial charge < -0.3 is 10.1 Å². The van der Waals surface area contributed by atoms with E-state index in [0.29, 0.717) is 6.54 Å². The number of hydrogen-bond donors (Lipinski definition) is 1. The van der Waals surface area contributed by atoms with Crippen LogP contribution in [0.25, 0.3) is 11.3 Å². The minimum atomic E-state index is -0.367. The number of benzene rings is 3. The van der Waals surface area contributed by atoms with Gasteiger partial charge in [-0.25, -0.2) is 0 Å². The van der Waals surface area contributed by atoms with E-state index in [1.54, 1.807) is 6.20 Å². The minimum Gasteiger partial charge on any atom is -0.457 e. The van der Waals surface area contributed by atoms with Gasteiger partial charge in [0.15, 0.2) is 0 Å². The van der Waals surface area contributed by atoms with Crippen LogP contribution in [0, 0.1) is 0 Å². The lowest BCUT2D eigenvalue weighted by Crippen LogP contribution is -2.33. The molecule has 5 nitrogen and oxygen atoms in total. The number of aryl methyl sites for hydroxylation is 1. The van der Waals surface area contributed by atoms with Gasteiger partial charge in [0, 0.05) is 30.9 Å². The summed E-state index contributed by atoms with van der Waals surface area (Å²) in [6, 6.07) is 25.9. The summed E-state index contributed by atoms with van der Waals surface area (Å²) in [6.45, 7) is 0.575. The van der Waals surface area contributed by atoms with Crippen LogP contribution in [0.4, 0.5) is 0 Å². The molecule has 1 aliphatic heterocycles. The fourth-order valence-electron chi connectivity index (χ4n) is 4.12. The maximum absolute atomic E-state index is 13.2. The van der Waals surface area contributed by atoms with Gasteiger partial charge in [-0.05, 0) is 35.7 Å². The third-order valence-corrected chi connectivity index (χ3v) is 5.73. The number of nitrogens with one attached hydrogen (secondary N) is 1. The van der Waals surface area contributed by atoms with Crippen molar-refractivity contribution in [1.82, 2.24) is 15.1 Å². The molecule has 0 radical (unpaired) electrons. The minimum absolute atomic E-state index is 0.00490. The lowest BCUT2D eigenvalue weighted by Gasteiger charge is -2.27. The van der Waals surface area contributed by atoms with Crippen molar-refractivity contribution in [3.63, 3.8) is 0 Å². The second-order valence-corrected chi connectivity index (χ2v) is 7.69. The Bertz CT molecular complexity index is 1180. The van der Waals surface area contributed by atoms with Crippen LogP contribution >= 0.6 is 0 Å². The van der Waals surface area contributed by atoms with Crippen molar-refractivity contribution in [2.24, 2.45) is 7.05 Å². The maximum atomic E-state index is 13.2. The van der Waals surface area contributed by atoms with Crippen molar-refractivity contribution in [3.8, 4) is 22.8 Å². The predicted octanol–water partition coefficient (Wildman–Crippen LogP) is 4.68. The molecule has 1 N–H and O–H groups in total. The number of rotatable bonds is 5. The van der Waals surface area contributed by atoms with E-state index in [0.717, 1.165) is 40.3 Å². The molecule has 0 fully saturated rings. The van der Waals surface area contributed by atoms with Gasteiger partial charge in [0.05, 0.1) is 11.6 Å². The smallest absolute Gasteiger partial charge is 0.232 e. The molecule has 1 aromatic heterocycles. The molecule has 0 spiro atoms. The van der Waals surface area contributed by atoms with E-state index in [1.807, 2.05) is 66.3 Å². The fraction of sp³-hybridized carbons (Fsp3) is 0.154. The number of hydrogen-bond acceptors (Lipinski definition) is 3. The number of nitrogens with zero attached hydrogens (tertiary/aromatic N) is 2. The first-order valence-electron chi connectivity index (χ1n) is 10.4. The number of ether oxygens (including phenoxy) is 1. The molecular weight excluding hydrogens is 386 g/mol. The Kier molecular flexibility index (Phi) is 5.00. The van der Waals surface area contributed by atoms with Gasteiger partial charge in [0.2, 0.25) is 5.91 Å². The van der Waals surface area contributed by atoms with Gasteiger partial charge in [-0.1, -0.05) is 60.7 Å². The van der Waals surface area contributed by atoms with Gasteiger partial charge in [-0.15, -0.1) is 0 Å². The molecule has 1 aliphatic rings. The van der Waals surface area contributed by atoms with E-state index < -0.39 is 0 Å². The molecule has 0 saturated carbocycles. The maximum Gasteiger partial charge on any atom is 0.232 e. The Labute approximate surface area is 181 Å². The monoisotopic (exact) mass is 409 g/mol. The lowest BCUT2D eigenvalue weighted by atomic mass is 9.87. The molecule has 1 amide bonds. The molecule has 154 valence electrons. The van der Waals surface area contributed by atoms with Crippen LogP contribution in [0.5, 0.6) is 11.5 Å². The topological polar surface area (TPSA) is 56.2 Å². The van der Waals surface area contributed by atoms with Gasteiger partial charge >= 0.3 is 0 Å². The summed E-state index contributed by atoms with van der Waals surface area (Å²) in [6.07, 6.45) is 2.56. The molecule has 0 bridgehead atoms. The third kappa shape index (κ3) is 3.70. The predicted molar refractivity (Wildman–Crippen MR) is 120 cm³/mol. The number of aromatic nitrogens is 2. The molecule has 0 aliphatic carbocycles. The second-order valence-electron chi connectivity index (χ2n) is 7.69. The summed E-state index contributed by atoms with van der Waals surface area (Å²) in [4.78, 5) is 13.2. The zero-order valence-corrected chi connectivity index (χ0v) is 17.3. The number of para-hydroxylation sites is 2. The number of carbonyl (C=O) groups excluding carboxylic acids is 1. The summed E-state index contributed by atoms with van der Waals surface area (Å²) in [5.74, 6) is 1.11. The highest BCUT2D eigenvalue weighted by molar-refractivity contribution is 5.89. The zero-order valence-electron chi connectivity index (χ0n) is 17.3. The lowest BCUT2D eigenvalue weighted by molar-refractivity contribution is -0.121. The molecule has 0 saturated heterocycles. The van der Waals surface area contributed by atoms with Crippen LogP contribution in [-0.2, 0) is 18.3 Å². The third-order valence-electron chi connectivity index (χ3n) is 5.73. The number of fused-ring (bicyclic) bond motifs is 2. The molecule has 4 aromatic rings. The van der Waals surface area contributed by atoms with Crippen molar-refractivity contribution in [1.29, 1.82) is 0 Å².